The maximum absolute atomic E-state index is 11.6. The van der Waals surface area contributed by atoms with Crippen LogP contribution in [0.15, 0.2) is 60.7 Å². The topological polar surface area (TPSA) is 29.5 Å². The summed E-state index contributed by atoms with van der Waals surface area (Å²) in [5.41, 5.74) is 2.33. The smallest absolute Gasteiger partial charge is 0.307 e. The fraction of sp³-hybridized carbons (Fsp3) is 0.278. The SMILES string of the molecule is COC(=O)C[C@H](C)N(Cc1ccccc1)c1ccccc1. The minimum absolute atomic E-state index is 0.0695. The maximum atomic E-state index is 11.6. The Labute approximate surface area is 126 Å². The second kappa shape index (κ2) is 7.48. The third-order valence-corrected chi connectivity index (χ3v) is 3.51. The van der Waals surface area contributed by atoms with Crippen molar-refractivity contribution in [2.75, 3.05) is 12.0 Å². The molecule has 21 heavy (non-hydrogen) atoms. The summed E-state index contributed by atoms with van der Waals surface area (Å²) in [4.78, 5) is 13.8. The minimum Gasteiger partial charge on any atom is -0.469 e. The number of anilines is 1. The molecule has 0 amide bonds. The molecule has 0 saturated heterocycles. The fourth-order valence-electron chi connectivity index (χ4n) is 2.34. The van der Waals surface area contributed by atoms with Crippen LogP contribution in [0.4, 0.5) is 5.69 Å². The van der Waals surface area contributed by atoms with Crippen LogP contribution in [0.2, 0.25) is 0 Å². The van der Waals surface area contributed by atoms with E-state index < -0.39 is 0 Å². The van der Waals surface area contributed by atoms with Crippen molar-refractivity contribution in [1.29, 1.82) is 0 Å². The van der Waals surface area contributed by atoms with Gasteiger partial charge in [-0.15, -0.1) is 0 Å². The van der Waals surface area contributed by atoms with Crippen LogP contribution in [0.3, 0.4) is 0 Å². The highest BCUT2D eigenvalue weighted by Gasteiger charge is 2.18. The lowest BCUT2D eigenvalue weighted by atomic mass is 10.1. The number of para-hydroxylation sites is 1. The number of methoxy groups -OCH3 is 1. The van der Waals surface area contributed by atoms with Crippen molar-refractivity contribution < 1.29 is 9.53 Å². The molecule has 0 aliphatic carbocycles. The molecule has 0 aromatic heterocycles. The van der Waals surface area contributed by atoms with Crippen molar-refractivity contribution in [3.8, 4) is 0 Å². The predicted molar refractivity (Wildman–Crippen MR) is 85.2 cm³/mol. The Balaban J connectivity index is 2.20. The summed E-state index contributed by atoms with van der Waals surface area (Å²) in [5.74, 6) is -0.184. The highest BCUT2D eigenvalue weighted by molar-refractivity contribution is 5.70. The van der Waals surface area contributed by atoms with E-state index in [9.17, 15) is 4.79 Å². The standard InChI is InChI=1S/C18H21NO2/c1-15(13-18(20)21-2)19(17-11-7-4-8-12-17)14-16-9-5-3-6-10-16/h3-12,15H,13-14H2,1-2H3/t15-/m0/s1. The minimum atomic E-state index is -0.184. The summed E-state index contributed by atoms with van der Waals surface area (Å²) >= 11 is 0. The average Bonchev–Trinajstić information content (AvgIpc) is 2.54. The molecule has 0 N–H and O–H groups in total. The number of hydrogen-bond donors (Lipinski definition) is 0. The molecule has 0 unspecified atom stereocenters. The number of carbonyl (C=O) groups excluding carboxylic acids is 1. The molecule has 0 saturated carbocycles. The van der Waals surface area contributed by atoms with Crippen molar-refractivity contribution in [2.45, 2.75) is 25.9 Å². The molecule has 1 atom stereocenters. The van der Waals surface area contributed by atoms with Gasteiger partial charge >= 0.3 is 5.97 Å². The van der Waals surface area contributed by atoms with Crippen molar-refractivity contribution >= 4 is 11.7 Å². The number of ether oxygens (including phenoxy) is 1. The lowest BCUT2D eigenvalue weighted by molar-refractivity contribution is -0.140. The van der Waals surface area contributed by atoms with Gasteiger partial charge in [0.15, 0.2) is 0 Å². The van der Waals surface area contributed by atoms with E-state index in [-0.39, 0.29) is 12.0 Å². The number of carbonyl (C=O) groups is 1. The normalized spacial score (nSPS) is 11.7. The summed E-state index contributed by atoms with van der Waals surface area (Å²) in [5, 5.41) is 0. The lowest BCUT2D eigenvalue weighted by Gasteiger charge is -2.31. The van der Waals surface area contributed by atoms with Gasteiger partial charge in [-0.2, -0.15) is 0 Å². The van der Waals surface area contributed by atoms with E-state index in [0.717, 1.165) is 12.2 Å². The Morgan fingerprint density at radius 3 is 2.19 bits per heavy atom. The van der Waals surface area contributed by atoms with E-state index in [2.05, 4.69) is 29.2 Å². The van der Waals surface area contributed by atoms with Crippen molar-refractivity contribution in [1.82, 2.24) is 0 Å². The molecule has 0 heterocycles. The summed E-state index contributed by atoms with van der Waals surface area (Å²) in [7, 11) is 1.43. The average molecular weight is 283 g/mol. The van der Waals surface area contributed by atoms with Crippen LogP contribution in [0, 0.1) is 0 Å². The van der Waals surface area contributed by atoms with E-state index >= 15 is 0 Å². The van der Waals surface area contributed by atoms with Gasteiger partial charge < -0.3 is 9.64 Å². The number of rotatable bonds is 6. The Bertz CT molecular complexity index is 554. The highest BCUT2D eigenvalue weighted by atomic mass is 16.5. The van der Waals surface area contributed by atoms with E-state index in [1.807, 2.05) is 43.3 Å². The molecule has 2 aromatic rings. The second-order valence-electron chi connectivity index (χ2n) is 5.08. The van der Waals surface area contributed by atoms with Crippen molar-refractivity contribution in [2.24, 2.45) is 0 Å². The summed E-state index contributed by atoms with van der Waals surface area (Å²) < 4.78 is 4.79. The monoisotopic (exact) mass is 283 g/mol. The first-order valence-electron chi connectivity index (χ1n) is 7.13. The van der Waals surface area contributed by atoms with E-state index in [4.69, 9.17) is 4.74 Å². The molecule has 110 valence electrons. The second-order valence-corrected chi connectivity index (χ2v) is 5.08. The van der Waals surface area contributed by atoms with Crippen LogP contribution in [0.5, 0.6) is 0 Å². The molecule has 0 radical (unpaired) electrons. The van der Waals surface area contributed by atoms with Gasteiger partial charge in [0.25, 0.3) is 0 Å². The molecule has 2 aromatic carbocycles. The molecule has 0 fully saturated rings. The Hall–Kier alpha value is -2.29. The largest absolute Gasteiger partial charge is 0.469 e. The van der Waals surface area contributed by atoms with Crippen LogP contribution in [0.1, 0.15) is 18.9 Å². The summed E-state index contributed by atoms with van der Waals surface area (Å²) in [6.07, 6.45) is 0.373. The van der Waals surface area contributed by atoms with Gasteiger partial charge in [0.1, 0.15) is 0 Å². The van der Waals surface area contributed by atoms with Crippen LogP contribution >= 0.6 is 0 Å². The lowest BCUT2D eigenvalue weighted by Crippen LogP contribution is -2.34. The zero-order chi connectivity index (χ0) is 15.1. The van der Waals surface area contributed by atoms with E-state index in [1.165, 1.54) is 12.7 Å². The number of nitrogens with zero attached hydrogens (tertiary/aromatic N) is 1. The van der Waals surface area contributed by atoms with Crippen molar-refractivity contribution in [3.63, 3.8) is 0 Å². The Morgan fingerprint density at radius 1 is 1.05 bits per heavy atom. The summed E-state index contributed by atoms with van der Waals surface area (Å²) in [6, 6.07) is 20.5. The molecule has 3 nitrogen and oxygen atoms in total. The van der Waals surface area contributed by atoms with Gasteiger partial charge in [-0.1, -0.05) is 48.5 Å². The Kier molecular flexibility index (Phi) is 5.38. The molecule has 3 heteroatoms. The predicted octanol–water partition coefficient (Wildman–Crippen LogP) is 3.64. The molecule has 0 aliphatic heterocycles. The number of hydrogen-bond acceptors (Lipinski definition) is 3. The van der Waals surface area contributed by atoms with Crippen LogP contribution in [-0.4, -0.2) is 19.1 Å². The van der Waals surface area contributed by atoms with Gasteiger partial charge in [-0.3, -0.25) is 4.79 Å². The van der Waals surface area contributed by atoms with E-state index in [0.29, 0.717) is 6.42 Å². The third-order valence-electron chi connectivity index (χ3n) is 3.51. The molecular weight excluding hydrogens is 262 g/mol. The highest BCUT2D eigenvalue weighted by Crippen LogP contribution is 2.21. The van der Waals surface area contributed by atoms with Gasteiger partial charge in [-0.05, 0) is 24.6 Å². The molecular formula is C18H21NO2. The van der Waals surface area contributed by atoms with Gasteiger partial charge in [-0.25, -0.2) is 0 Å². The summed E-state index contributed by atoms with van der Waals surface area (Å²) in [6.45, 7) is 2.82. The van der Waals surface area contributed by atoms with Gasteiger partial charge in [0.2, 0.25) is 0 Å². The van der Waals surface area contributed by atoms with Gasteiger partial charge in [0.05, 0.1) is 13.5 Å². The first-order valence-corrected chi connectivity index (χ1v) is 7.13. The molecule has 0 bridgehead atoms. The zero-order valence-corrected chi connectivity index (χ0v) is 12.5. The zero-order valence-electron chi connectivity index (χ0n) is 12.5. The molecule has 0 aliphatic rings. The Morgan fingerprint density at radius 2 is 1.62 bits per heavy atom. The number of esters is 1. The fourth-order valence-corrected chi connectivity index (χ4v) is 2.34. The van der Waals surface area contributed by atoms with Gasteiger partial charge in [0, 0.05) is 18.3 Å². The molecule has 2 rings (SSSR count). The van der Waals surface area contributed by atoms with Crippen LogP contribution in [0.25, 0.3) is 0 Å². The maximum Gasteiger partial charge on any atom is 0.307 e. The van der Waals surface area contributed by atoms with Crippen LogP contribution < -0.4 is 4.90 Å². The van der Waals surface area contributed by atoms with Crippen LogP contribution in [-0.2, 0) is 16.1 Å². The first kappa shape index (κ1) is 15.1. The van der Waals surface area contributed by atoms with E-state index in [1.54, 1.807) is 0 Å². The van der Waals surface area contributed by atoms with Crippen molar-refractivity contribution in [3.05, 3.63) is 66.2 Å². The number of benzene rings is 2. The molecule has 0 spiro atoms. The first-order chi connectivity index (χ1) is 10.2. The third kappa shape index (κ3) is 4.35. The quantitative estimate of drug-likeness (QED) is 0.758.